The number of benzene rings is 1. The Labute approximate surface area is 143 Å². The van der Waals surface area contributed by atoms with Gasteiger partial charge in [0.15, 0.2) is 11.5 Å². The summed E-state index contributed by atoms with van der Waals surface area (Å²) in [6.07, 6.45) is 1.16. The Morgan fingerprint density at radius 1 is 1.12 bits per heavy atom. The first kappa shape index (κ1) is 20.2. The summed E-state index contributed by atoms with van der Waals surface area (Å²) in [4.78, 5) is 11.3. The van der Waals surface area contributed by atoms with Crippen LogP contribution >= 0.6 is 0 Å². The average Bonchev–Trinajstić information content (AvgIpc) is 2.53. The van der Waals surface area contributed by atoms with Crippen LogP contribution in [0.4, 0.5) is 4.39 Å². The van der Waals surface area contributed by atoms with E-state index < -0.39 is 0 Å². The fourth-order valence-corrected chi connectivity index (χ4v) is 2.84. The molecule has 0 spiro atoms. The molecule has 1 N–H and O–H groups in total. The van der Waals surface area contributed by atoms with E-state index in [1.165, 1.54) is 27.4 Å². The predicted molar refractivity (Wildman–Crippen MR) is 90.9 cm³/mol. The molecular formula is C18H28FNO4. The van der Waals surface area contributed by atoms with Crippen molar-refractivity contribution in [3.63, 3.8) is 0 Å². The van der Waals surface area contributed by atoms with Crippen molar-refractivity contribution in [3.05, 3.63) is 23.5 Å². The SMILES string of the molecule is COC(=O)CC(C)CC(C)NC(C)c1cc(OC)c(OC)cc1F. The molecule has 0 fully saturated rings. The molecule has 1 aromatic rings. The maximum atomic E-state index is 14.3. The van der Waals surface area contributed by atoms with Crippen molar-refractivity contribution < 1.29 is 23.4 Å². The number of hydrogen-bond acceptors (Lipinski definition) is 5. The van der Waals surface area contributed by atoms with Crippen molar-refractivity contribution >= 4 is 5.97 Å². The topological polar surface area (TPSA) is 56.8 Å². The molecule has 5 nitrogen and oxygen atoms in total. The van der Waals surface area contributed by atoms with Crippen molar-refractivity contribution in [1.82, 2.24) is 5.32 Å². The van der Waals surface area contributed by atoms with Crippen molar-refractivity contribution in [3.8, 4) is 11.5 Å². The van der Waals surface area contributed by atoms with Gasteiger partial charge in [0, 0.05) is 30.1 Å². The van der Waals surface area contributed by atoms with Crippen LogP contribution in [0.25, 0.3) is 0 Å². The zero-order chi connectivity index (χ0) is 18.3. The first-order valence-electron chi connectivity index (χ1n) is 8.06. The van der Waals surface area contributed by atoms with Crippen LogP contribution in [-0.2, 0) is 9.53 Å². The fraction of sp³-hybridized carbons (Fsp3) is 0.611. The molecule has 0 saturated heterocycles. The zero-order valence-electron chi connectivity index (χ0n) is 15.3. The van der Waals surface area contributed by atoms with E-state index >= 15 is 0 Å². The summed E-state index contributed by atoms with van der Waals surface area (Å²) in [7, 11) is 4.39. The minimum Gasteiger partial charge on any atom is -0.493 e. The smallest absolute Gasteiger partial charge is 0.305 e. The van der Waals surface area contributed by atoms with Crippen molar-refractivity contribution in [2.75, 3.05) is 21.3 Å². The van der Waals surface area contributed by atoms with Gasteiger partial charge in [-0.3, -0.25) is 4.79 Å². The summed E-state index contributed by atoms with van der Waals surface area (Å²) in [5, 5.41) is 3.36. The summed E-state index contributed by atoms with van der Waals surface area (Å²) >= 11 is 0. The number of hydrogen-bond donors (Lipinski definition) is 1. The van der Waals surface area contributed by atoms with Gasteiger partial charge in [-0.25, -0.2) is 4.39 Å². The molecule has 3 atom stereocenters. The van der Waals surface area contributed by atoms with E-state index in [4.69, 9.17) is 9.47 Å². The minimum absolute atomic E-state index is 0.118. The third-order valence-electron chi connectivity index (χ3n) is 4.00. The van der Waals surface area contributed by atoms with Crippen LogP contribution in [0.15, 0.2) is 12.1 Å². The van der Waals surface area contributed by atoms with Crippen LogP contribution in [0.5, 0.6) is 11.5 Å². The highest BCUT2D eigenvalue weighted by molar-refractivity contribution is 5.69. The van der Waals surface area contributed by atoms with Crippen LogP contribution < -0.4 is 14.8 Å². The molecule has 0 amide bonds. The molecule has 0 aliphatic rings. The Balaban J connectivity index is 2.73. The summed E-state index contributed by atoms with van der Waals surface area (Å²) in [6.45, 7) is 5.91. The number of carbonyl (C=O) groups is 1. The van der Waals surface area contributed by atoms with E-state index in [-0.39, 0.29) is 29.8 Å². The van der Waals surface area contributed by atoms with Crippen molar-refractivity contribution in [2.45, 2.75) is 45.7 Å². The van der Waals surface area contributed by atoms with Gasteiger partial charge in [0.25, 0.3) is 0 Å². The number of methoxy groups -OCH3 is 3. The molecule has 0 aliphatic carbocycles. The van der Waals surface area contributed by atoms with Gasteiger partial charge in [-0.15, -0.1) is 0 Å². The number of nitrogens with one attached hydrogen (secondary N) is 1. The lowest BCUT2D eigenvalue weighted by atomic mass is 9.98. The molecule has 0 bridgehead atoms. The fourth-order valence-electron chi connectivity index (χ4n) is 2.84. The molecule has 3 unspecified atom stereocenters. The van der Waals surface area contributed by atoms with Crippen LogP contribution in [-0.4, -0.2) is 33.3 Å². The van der Waals surface area contributed by atoms with Gasteiger partial charge in [0.1, 0.15) is 5.82 Å². The van der Waals surface area contributed by atoms with Crippen molar-refractivity contribution in [1.29, 1.82) is 0 Å². The molecule has 0 heterocycles. The number of ether oxygens (including phenoxy) is 3. The maximum absolute atomic E-state index is 14.3. The molecule has 0 saturated carbocycles. The first-order valence-corrected chi connectivity index (χ1v) is 8.06. The molecular weight excluding hydrogens is 313 g/mol. The normalized spacial score (nSPS) is 14.6. The second-order valence-corrected chi connectivity index (χ2v) is 6.14. The molecule has 0 aromatic heterocycles. The quantitative estimate of drug-likeness (QED) is 0.697. The highest BCUT2D eigenvalue weighted by Crippen LogP contribution is 2.32. The van der Waals surface area contributed by atoms with Gasteiger partial charge in [0.05, 0.1) is 21.3 Å². The van der Waals surface area contributed by atoms with Crippen LogP contribution in [0, 0.1) is 11.7 Å². The lowest BCUT2D eigenvalue weighted by Crippen LogP contribution is -2.31. The average molecular weight is 341 g/mol. The number of rotatable bonds is 9. The minimum atomic E-state index is -0.345. The van der Waals surface area contributed by atoms with E-state index in [2.05, 4.69) is 10.1 Å². The molecule has 1 aromatic carbocycles. The zero-order valence-corrected chi connectivity index (χ0v) is 15.3. The standard InChI is InChI=1S/C18H28FNO4/c1-11(8-18(21)24-6)7-12(2)20-13(3)14-9-16(22-4)17(23-5)10-15(14)19/h9-13,20H,7-8H2,1-6H3. The van der Waals surface area contributed by atoms with Gasteiger partial charge in [-0.1, -0.05) is 6.92 Å². The first-order chi connectivity index (χ1) is 11.3. The Morgan fingerprint density at radius 3 is 2.25 bits per heavy atom. The van der Waals surface area contributed by atoms with Gasteiger partial charge < -0.3 is 19.5 Å². The Morgan fingerprint density at radius 2 is 1.71 bits per heavy atom. The highest BCUT2D eigenvalue weighted by atomic mass is 19.1. The Hall–Kier alpha value is -1.82. The number of esters is 1. The largest absolute Gasteiger partial charge is 0.493 e. The molecule has 0 radical (unpaired) electrons. The van der Waals surface area contributed by atoms with Gasteiger partial charge >= 0.3 is 5.97 Å². The van der Waals surface area contributed by atoms with Crippen LogP contribution in [0.2, 0.25) is 0 Å². The molecule has 136 valence electrons. The lowest BCUT2D eigenvalue weighted by molar-refractivity contribution is -0.141. The highest BCUT2D eigenvalue weighted by Gasteiger charge is 2.19. The second kappa shape index (κ2) is 9.47. The maximum Gasteiger partial charge on any atom is 0.305 e. The lowest BCUT2D eigenvalue weighted by Gasteiger charge is -2.23. The van der Waals surface area contributed by atoms with Gasteiger partial charge in [-0.05, 0) is 32.3 Å². The third kappa shape index (κ3) is 5.67. The third-order valence-corrected chi connectivity index (χ3v) is 4.00. The second-order valence-electron chi connectivity index (χ2n) is 6.14. The number of halogens is 1. The van der Waals surface area contributed by atoms with E-state index in [1.807, 2.05) is 20.8 Å². The van der Waals surface area contributed by atoms with Crippen LogP contribution in [0.3, 0.4) is 0 Å². The summed E-state index contributed by atoms with van der Waals surface area (Å²) in [5.41, 5.74) is 0.514. The Kier molecular flexibility index (Phi) is 7.98. The monoisotopic (exact) mass is 341 g/mol. The van der Waals surface area contributed by atoms with E-state index in [0.29, 0.717) is 23.5 Å². The van der Waals surface area contributed by atoms with E-state index in [1.54, 1.807) is 6.07 Å². The molecule has 24 heavy (non-hydrogen) atoms. The summed E-state index contributed by atoms with van der Waals surface area (Å²) in [5.74, 6) is 0.485. The molecule has 0 aliphatic heterocycles. The van der Waals surface area contributed by atoms with E-state index in [0.717, 1.165) is 6.42 Å². The van der Waals surface area contributed by atoms with Crippen LogP contribution in [0.1, 0.15) is 45.2 Å². The van der Waals surface area contributed by atoms with Gasteiger partial charge in [-0.2, -0.15) is 0 Å². The predicted octanol–water partition coefficient (Wildman–Crippen LogP) is 3.47. The molecule has 6 heteroatoms. The van der Waals surface area contributed by atoms with Gasteiger partial charge in [0.2, 0.25) is 0 Å². The molecule has 1 rings (SSSR count). The van der Waals surface area contributed by atoms with Crippen molar-refractivity contribution in [2.24, 2.45) is 5.92 Å². The summed E-state index contributed by atoms with van der Waals surface area (Å²) < 4.78 is 29.3. The summed E-state index contributed by atoms with van der Waals surface area (Å²) in [6, 6.07) is 2.89. The van der Waals surface area contributed by atoms with E-state index in [9.17, 15) is 9.18 Å². The number of carbonyl (C=O) groups excluding carboxylic acids is 1. The Bertz CT molecular complexity index is 550.